The van der Waals surface area contributed by atoms with Crippen LogP contribution in [0, 0.1) is 0 Å². The second-order valence-electron chi connectivity index (χ2n) is 7.64. The van der Waals surface area contributed by atoms with E-state index in [0.717, 1.165) is 12.8 Å². The highest BCUT2D eigenvalue weighted by Crippen LogP contribution is 2.43. The lowest BCUT2D eigenvalue weighted by atomic mass is 10.1. The number of rotatable bonds is 8. The van der Waals surface area contributed by atoms with Gasteiger partial charge in [0.2, 0.25) is 0 Å². The molecule has 2 aromatic heterocycles. The average molecular weight is 473 g/mol. The topological polar surface area (TPSA) is 212 Å². The lowest BCUT2D eigenvalue weighted by Gasteiger charge is -2.20. The van der Waals surface area contributed by atoms with Crippen molar-refractivity contribution >= 4 is 30.5 Å². The Morgan fingerprint density at radius 2 is 2.06 bits per heavy atom. The van der Waals surface area contributed by atoms with Crippen molar-refractivity contribution in [2.75, 3.05) is 18.9 Å². The molecule has 176 valence electrons. The Hall–Kier alpha value is -2.19. The van der Waals surface area contributed by atoms with Crippen LogP contribution in [0.4, 0.5) is 5.82 Å². The summed E-state index contributed by atoms with van der Waals surface area (Å²) in [5.41, 5.74) is 6.61. The standard InChI is InChI=1S/C17H24N5O9P/c1-2-29-16(25)17(32(26,27)28)30-5-8-10(23)11(24)15(31-8)22-6-19-9-12(18)20-13(7-3-4-7)21-14(9)22/h6-8,10-11,15,17,23-24H,2-5H2,1H3,(H2,18,20,21)(H2,26,27,28)/t8-,10+,11-,15-,17-/m1/s1. The number of ether oxygens (including phenoxy) is 3. The van der Waals surface area contributed by atoms with Crippen molar-refractivity contribution in [2.24, 2.45) is 0 Å². The molecule has 1 aliphatic heterocycles. The molecule has 0 amide bonds. The predicted molar refractivity (Wildman–Crippen MR) is 106 cm³/mol. The Balaban J connectivity index is 1.53. The van der Waals surface area contributed by atoms with Gasteiger partial charge >= 0.3 is 13.6 Å². The summed E-state index contributed by atoms with van der Waals surface area (Å²) in [6, 6.07) is 0. The number of aliphatic hydroxyl groups excluding tert-OH is 2. The quantitative estimate of drug-likeness (QED) is 0.230. The number of nitrogens with two attached hydrogens (primary N) is 1. The van der Waals surface area contributed by atoms with Crippen LogP contribution >= 0.6 is 7.60 Å². The number of carbonyl (C=O) groups is 1. The van der Waals surface area contributed by atoms with Gasteiger partial charge in [-0.15, -0.1) is 0 Å². The van der Waals surface area contributed by atoms with Crippen molar-refractivity contribution in [3.8, 4) is 0 Å². The second kappa shape index (κ2) is 8.63. The van der Waals surface area contributed by atoms with Gasteiger partial charge in [0.05, 0.1) is 19.5 Å². The minimum Gasteiger partial charge on any atom is -0.464 e. The normalized spacial score (nSPS) is 27.0. The number of aromatic nitrogens is 4. The number of carbonyl (C=O) groups excluding carboxylic acids is 1. The third kappa shape index (κ3) is 4.35. The molecular formula is C17H24N5O9P. The Morgan fingerprint density at radius 1 is 1.34 bits per heavy atom. The molecule has 5 atom stereocenters. The molecule has 14 nitrogen and oxygen atoms in total. The molecule has 1 aliphatic carbocycles. The molecule has 0 spiro atoms. The Kier molecular flexibility index (Phi) is 6.20. The molecule has 4 rings (SSSR count). The van der Waals surface area contributed by atoms with Crippen LogP contribution in [0.1, 0.15) is 37.7 Å². The molecule has 2 aromatic rings. The maximum absolute atomic E-state index is 11.8. The summed E-state index contributed by atoms with van der Waals surface area (Å²) in [5, 5.41) is 20.9. The first kappa shape index (κ1) is 23.0. The molecule has 32 heavy (non-hydrogen) atoms. The number of esters is 1. The van der Waals surface area contributed by atoms with Crippen molar-refractivity contribution in [3.63, 3.8) is 0 Å². The van der Waals surface area contributed by atoms with Crippen LogP contribution in [-0.2, 0) is 23.6 Å². The molecule has 0 unspecified atom stereocenters. The zero-order valence-corrected chi connectivity index (χ0v) is 17.9. The van der Waals surface area contributed by atoms with E-state index in [0.29, 0.717) is 17.0 Å². The Labute approximate surface area is 181 Å². The van der Waals surface area contributed by atoms with Crippen LogP contribution in [0.25, 0.3) is 11.2 Å². The molecule has 1 saturated carbocycles. The maximum atomic E-state index is 11.8. The summed E-state index contributed by atoms with van der Waals surface area (Å²) in [6.45, 7) is 0.768. The molecule has 2 fully saturated rings. The molecule has 1 saturated heterocycles. The summed E-state index contributed by atoms with van der Waals surface area (Å²) >= 11 is 0. The lowest BCUT2D eigenvalue weighted by molar-refractivity contribution is -0.155. The summed E-state index contributed by atoms with van der Waals surface area (Å²) in [4.78, 5) is 43.5. The molecule has 6 N–H and O–H groups in total. The number of nitrogens with zero attached hydrogens (tertiary/aromatic N) is 4. The van der Waals surface area contributed by atoms with E-state index in [-0.39, 0.29) is 18.3 Å². The van der Waals surface area contributed by atoms with Crippen molar-refractivity contribution in [3.05, 3.63) is 12.2 Å². The smallest absolute Gasteiger partial charge is 0.365 e. The van der Waals surface area contributed by atoms with Crippen LogP contribution in [0.3, 0.4) is 0 Å². The van der Waals surface area contributed by atoms with Gasteiger partial charge in [-0.3, -0.25) is 9.13 Å². The molecule has 0 bridgehead atoms. The van der Waals surface area contributed by atoms with Crippen LogP contribution in [-0.4, -0.2) is 82.9 Å². The van der Waals surface area contributed by atoms with Crippen molar-refractivity contribution in [1.82, 2.24) is 19.5 Å². The summed E-state index contributed by atoms with van der Waals surface area (Å²) in [6.07, 6.45) is -2.05. The molecule has 3 heterocycles. The fraction of sp³-hybridized carbons (Fsp3) is 0.647. The third-order valence-electron chi connectivity index (χ3n) is 5.23. The fourth-order valence-corrected chi connectivity index (χ4v) is 4.09. The van der Waals surface area contributed by atoms with E-state index in [9.17, 15) is 29.4 Å². The summed E-state index contributed by atoms with van der Waals surface area (Å²) in [7, 11) is -5.01. The van der Waals surface area contributed by atoms with Crippen LogP contribution in [0.15, 0.2) is 6.33 Å². The zero-order chi connectivity index (χ0) is 23.2. The lowest BCUT2D eigenvalue weighted by Crippen LogP contribution is -2.36. The average Bonchev–Trinajstić information content (AvgIpc) is 3.42. The number of aliphatic hydroxyl groups is 2. The van der Waals surface area contributed by atoms with Gasteiger partial charge in [-0.25, -0.2) is 19.7 Å². The van der Waals surface area contributed by atoms with Crippen LogP contribution < -0.4 is 5.73 Å². The van der Waals surface area contributed by atoms with E-state index >= 15 is 0 Å². The van der Waals surface area contributed by atoms with Gasteiger partial charge in [-0.1, -0.05) is 0 Å². The number of hydrogen-bond donors (Lipinski definition) is 5. The Bertz CT molecular complexity index is 1050. The minimum absolute atomic E-state index is 0.108. The molecular weight excluding hydrogens is 449 g/mol. The summed E-state index contributed by atoms with van der Waals surface area (Å²) in [5.74, 6) is -2.48. The monoisotopic (exact) mass is 473 g/mol. The molecule has 15 heteroatoms. The second-order valence-corrected chi connectivity index (χ2v) is 9.29. The van der Waals surface area contributed by atoms with E-state index in [4.69, 9.17) is 15.2 Å². The van der Waals surface area contributed by atoms with E-state index in [2.05, 4.69) is 19.7 Å². The van der Waals surface area contributed by atoms with Gasteiger partial charge in [-0.05, 0) is 19.8 Å². The number of hydrogen-bond acceptors (Lipinski definition) is 11. The van der Waals surface area contributed by atoms with Crippen molar-refractivity contribution < 1.29 is 43.6 Å². The van der Waals surface area contributed by atoms with Crippen molar-refractivity contribution in [1.29, 1.82) is 0 Å². The fourth-order valence-electron chi connectivity index (χ4n) is 3.46. The van der Waals surface area contributed by atoms with Crippen molar-refractivity contribution in [2.45, 2.75) is 56.1 Å². The van der Waals surface area contributed by atoms with Gasteiger partial charge in [0, 0.05) is 5.92 Å². The van der Waals surface area contributed by atoms with Gasteiger partial charge in [0.1, 0.15) is 29.7 Å². The van der Waals surface area contributed by atoms with E-state index < -0.39 is 50.6 Å². The number of fused-ring (bicyclic) bond motifs is 1. The van der Waals surface area contributed by atoms with E-state index in [1.807, 2.05) is 0 Å². The van der Waals surface area contributed by atoms with E-state index in [1.54, 1.807) is 0 Å². The van der Waals surface area contributed by atoms with Gasteiger partial charge < -0.3 is 39.9 Å². The van der Waals surface area contributed by atoms with Crippen LogP contribution in [0.2, 0.25) is 0 Å². The summed E-state index contributed by atoms with van der Waals surface area (Å²) < 4.78 is 28.4. The van der Waals surface area contributed by atoms with Gasteiger partial charge in [-0.2, -0.15) is 0 Å². The van der Waals surface area contributed by atoms with Gasteiger partial charge in [0.25, 0.3) is 5.85 Å². The molecule has 0 aromatic carbocycles. The van der Waals surface area contributed by atoms with Crippen LogP contribution in [0.5, 0.6) is 0 Å². The third-order valence-corrected chi connectivity index (χ3v) is 6.20. The first-order valence-corrected chi connectivity index (χ1v) is 11.6. The number of anilines is 1. The van der Waals surface area contributed by atoms with E-state index in [1.165, 1.54) is 17.8 Å². The first-order chi connectivity index (χ1) is 15.1. The minimum atomic E-state index is -5.01. The van der Waals surface area contributed by atoms with Gasteiger partial charge in [0.15, 0.2) is 17.7 Å². The highest BCUT2D eigenvalue weighted by atomic mass is 31.2. The first-order valence-electron chi connectivity index (χ1n) is 9.96. The highest BCUT2D eigenvalue weighted by molar-refractivity contribution is 7.53. The predicted octanol–water partition coefficient (Wildman–Crippen LogP) is -1.01. The zero-order valence-electron chi connectivity index (χ0n) is 17.0. The SMILES string of the molecule is CCOC(=O)[C@H](OC[C@H]1O[C@@H](n2cnc3c(N)nc(C4CC4)nc32)[C@H](O)[C@H]1O)P(=O)(O)O. The maximum Gasteiger partial charge on any atom is 0.365 e. The largest absolute Gasteiger partial charge is 0.464 e. The highest BCUT2D eigenvalue weighted by Gasteiger charge is 2.46. The molecule has 2 aliphatic rings. The molecule has 0 radical (unpaired) electrons. The number of imidazole rings is 1. The number of nitrogen functional groups attached to an aromatic ring is 1. The Morgan fingerprint density at radius 3 is 2.69 bits per heavy atom.